The number of nitrogens with one attached hydrogen (secondary N) is 1. The van der Waals surface area contributed by atoms with Crippen molar-refractivity contribution >= 4 is 5.91 Å². The number of likely N-dealkylation sites (tertiary alicyclic amines) is 1. The van der Waals surface area contributed by atoms with Crippen molar-refractivity contribution in [1.82, 2.24) is 10.2 Å². The van der Waals surface area contributed by atoms with Crippen molar-refractivity contribution in [2.75, 3.05) is 26.3 Å². The molecule has 0 unspecified atom stereocenters. The first kappa shape index (κ1) is 13.8. The van der Waals surface area contributed by atoms with Crippen molar-refractivity contribution in [1.29, 1.82) is 0 Å². The van der Waals surface area contributed by atoms with E-state index in [1.165, 1.54) is 0 Å². The number of nitrogens with zero attached hydrogens (tertiary/aromatic N) is 1. The summed E-state index contributed by atoms with van der Waals surface area (Å²) in [5.74, 6) is 0.648. The van der Waals surface area contributed by atoms with Gasteiger partial charge in [-0.2, -0.15) is 0 Å². The van der Waals surface area contributed by atoms with Gasteiger partial charge in [-0.15, -0.1) is 0 Å². The minimum Gasteiger partial charge on any atom is -0.381 e. The fourth-order valence-electron chi connectivity index (χ4n) is 2.80. The second kappa shape index (κ2) is 6.53. The summed E-state index contributed by atoms with van der Waals surface area (Å²) in [6.07, 6.45) is 4.37. The number of hydrogen-bond donors (Lipinski definition) is 1. The Bertz CT molecular complexity index is 269. The molecule has 4 heteroatoms. The van der Waals surface area contributed by atoms with E-state index in [4.69, 9.17) is 4.74 Å². The van der Waals surface area contributed by atoms with Crippen molar-refractivity contribution < 1.29 is 9.53 Å². The summed E-state index contributed by atoms with van der Waals surface area (Å²) in [5, 5.41) is 3.56. The number of rotatable bonds is 4. The largest absolute Gasteiger partial charge is 0.381 e. The van der Waals surface area contributed by atoms with Crippen LogP contribution in [0.5, 0.6) is 0 Å². The summed E-state index contributed by atoms with van der Waals surface area (Å²) in [6.45, 7) is 7.78. The Labute approximate surface area is 110 Å². The SMILES string of the molecule is CC(C)[C@H](NC1CCOCC1)C(=O)N1CCCC1. The smallest absolute Gasteiger partial charge is 0.239 e. The summed E-state index contributed by atoms with van der Waals surface area (Å²) in [5.41, 5.74) is 0. The van der Waals surface area contributed by atoms with Crippen LogP contribution in [-0.2, 0) is 9.53 Å². The Balaban J connectivity index is 1.91. The molecule has 0 aromatic carbocycles. The molecule has 4 nitrogen and oxygen atoms in total. The maximum Gasteiger partial charge on any atom is 0.239 e. The van der Waals surface area contributed by atoms with Crippen molar-refractivity contribution in [3.63, 3.8) is 0 Å². The first-order valence-electron chi connectivity index (χ1n) is 7.31. The average Bonchev–Trinajstić information content (AvgIpc) is 2.90. The number of carbonyl (C=O) groups is 1. The van der Waals surface area contributed by atoms with Crippen LogP contribution in [0.2, 0.25) is 0 Å². The van der Waals surface area contributed by atoms with Gasteiger partial charge in [-0.3, -0.25) is 4.79 Å². The Hall–Kier alpha value is -0.610. The highest BCUT2D eigenvalue weighted by atomic mass is 16.5. The zero-order valence-electron chi connectivity index (χ0n) is 11.7. The Morgan fingerprint density at radius 2 is 1.83 bits per heavy atom. The third-order valence-corrected chi connectivity index (χ3v) is 3.99. The van der Waals surface area contributed by atoms with E-state index < -0.39 is 0 Å². The molecule has 18 heavy (non-hydrogen) atoms. The molecule has 0 radical (unpaired) electrons. The molecule has 1 atom stereocenters. The molecule has 2 rings (SSSR count). The molecule has 0 aromatic heterocycles. The Morgan fingerprint density at radius 3 is 2.39 bits per heavy atom. The molecule has 104 valence electrons. The fraction of sp³-hybridized carbons (Fsp3) is 0.929. The van der Waals surface area contributed by atoms with Gasteiger partial charge in [0.25, 0.3) is 0 Å². The van der Waals surface area contributed by atoms with Crippen molar-refractivity contribution in [3.05, 3.63) is 0 Å². The summed E-state index contributed by atoms with van der Waals surface area (Å²) in [6, 6.07) is 0.420. The number of amides is 1. The Kier molecular flexibility index (Phi) is 5.01. The summed E-state index contributed by atoms with van der Waals surface area (Å²) in [7, 11) is 0. The molecule has 2 saturated heterocycles. The molecule has 0 spiro atoms. The number of ether oxygens (including phenoxy) is 1. The van der Waals surface area contributed by atoms with Crippen LogP contribution in [0.4, 0.5) is 0 Å². The molecule has 1 amide bonds. The highest BCUT2D eigenvalue weighted by molar-refractivity contribution is 5.82. The van der Waals surface area contributed by atoms with Crippen molar-refractivity contribution in [2.45, 2.75) is 51.6 Å². The minimum atomic E-state index is -0.0220. The maximum atomic E-state index is 12.5. The standard InChI is InChI=1S/C14H26N2O2/c1-11(2)13(14(17)16-7-3-4-8-16)15-12-5-9-18-10-6-12/h11-13,15H,3-10H2,1-2H3/t13-/m0/s1. The van der Waals surface area contributed by atoms with E-state index in [0.717, 1.165) is 52.0 Å². The van der Waals surface area contributed by atoms with Crippen LogP contribution in [-0.4, -0.2) is 49.2 Å². The maximum absolute atomic E-state index is 12.5. The number of hydrogen-bond acceptors (Lipinski definition) is 3. The predicted molar refractivity (Wildman–Crippen MR) is 71.4 cm³/mol. The molecular weight excluding hydrogens is 228 g/mol. The lowest BCUT2D eigenvalue weighted by atomic mass is 9.99. The van der Waals surface area contributed by atoms with Crippen LogP contribution in [0.1, 0.15) is 39.5 Å². The van der Waals surface area contributed by atoms with Crippen LogP contribution < -0.4 is 5.32 Å². The van der Waals surface area contributed by atoms with Gasteiger partial charge in [-0.1, -0.05) is 13.8 Å². The van der Waals surface area contributed by atoms with Gasteiger partial charge in [0.1, 0.15) is 0 Å². The first-order chi connectivity index (χ1) is 8.68. The fourth-order valence-corrected chi connectivity index (χ4v) is 2.80. The van der Waals surface area contributed by atoms with E-state index in [1.807, 2.05) is 4.90 Å². The van der Waals surface area contributed by atoms with Gasteiger partial charge in [0.2, 0.25) is 5.91 Å². The van der Waals surface area contributed by atoms with Gasteiger partial charge in [0, 0.05) is 32.3 Å². The van der Waals surface area contributed by atoms with Gasteiger partial charge in [0.15, 0.2) is 0 Å². The van der Waals surface area contributed by atoms with Gasteiger partial charge in [-0.25, -0.2) is 0 Å². The second-order valence-electron chi connectivity index (χ2n) is 5.81. The van der Waals surface area contributed by atoms with Gasteiger partial charge < -0.3 is 15.0 Å². The summed E-state index contributed by atoms with van der Waals surface area (Å²) in [4.78, 5) is 14.5. The van der Waals surface area contributed by atoms with Crippen LogP contribution >= 0.6 is 0 Å². The predicted octanol–water partition coefficient (Wildman–Crippen LogP) is 1.40. The highest BCUT2D eigenvalue weighted by Gasteiger charge is 2.30. The minimum absolute atomic E-state index is 0.0220. The van der Waals surface area contributed by atoms with Crippen LogP contribution in [0.25, 0.3) is 0 Å². The van der Waals surface area contributed by atoms with E-state index in [0.29, 0.717) is 17.9 Å². The summed E-state index contributed by atoms with van der Waals surface area (Å²) >= 11 is 0. The van der Waals surface area contributed by atoms with Gasteiger partial charge in [-0.05, 0) is 31.6 Å². The first-order valence-corrected chi connectivity index (χ1v) is 7.31. The molecule has 0 saturated carbocycles. The van der Waals surface area contributed by atoms with E-state index in [2.05, 4.69) is 19.2 Å². The monoisotopic (exact) mass is 254 g/mol. The van der Waals surface area contributed by atoms with Crippen LogP contribution in [0.15, 0.2) is 0 Å². The highest BCUT2D eigenvalue weighted by Crippen LogP contribution is 2.15. The Morgan fingerprint density at radius 1 is 1.22 bits per heavy atom. The van der Waals surface area contributed by atoms with E-state index in [9.17, 15) is 4.79 Å². The molecule has 2 heterocycles. The molecule has 0 bridgehead atoms. The average molecular weight is 254 g/mol. The van der Waals surface area contributed by atoms with Gasteiger partial charge in [0.05, 0.1) is 6.04 Å². The zero-order valence-corrected chi connectivity index (χ0v) is 11.7. The topological polar surface area (TPSA) is 41.6 Å². The molecule has 0 aromatic rings. The van der Waals surface area contributed by atoms with Gasteiger partial charge >= 0.3 is 0 Å². The third-order valence-electron chi connectivity index (χ3n) is 3.99. The zero-order chi connectivity index (χ0) is 13.0. The second-order valence-corrected chi connectivity index (χ2v) is 5.81. The third kappa shape index (κ3) is 3.45. The molecule has 2 fully saturated rings. The molecule has 2 aliphatic rings. The van der Waals surface area contributed by atoms with E-state index in [-0.39, 0.29) is 6.04 Å². The number of carbonyl (C=O) groups excluding carboxylic acids is 1. The van der Waals surface area contributed by atoms with Crippen molar-refractivity contribution in [3.8, 4) is 0 Å². The quantitative estimate of drug-likeness (QED) is 0.824. The normalized spacial score (nSPS) is 23.6. The molecule has 1 N–H and O–H groups in total. The summed E-state index contributed by atoms with van der Waals surface area (Å²) < 4.78 is 5.37. The lowest BCUT2D eigenvalue weighted by Gasteiger charge is -2.32. The lowest BCUT2D eigenvalue weighted by Crippen LogP contribution is -2.52. The molecule has 0 aliphatic carbocycles. The lowest BCUT2D eigenvalue weighted by molar-refractivity contribution is -0.134. The van der Waals surface area contributed by atoms with Crippen LogP contribution in [0, 0.1) is 5.92 Å². The molecule has 2 aliphatic heterocycles. The van der Waals surface area contributed by atoms with Crippen molar-refractivity contribution in [2.24, 2.45) is 5.92 Å². The van der Waals surface area contributed by atoms with Crippen LogP contribution in [0.3, 0.4) is 0 Å². The van der Waals surface area contributed by atoms with E-state index >= 15 is 0 Å². The molecular formula is C14H26N2O2. The van der Waals surface area contributed by atoms with E-state index in [1.54, 1.807) is 0 Å².